The first kappa shape index (κ1) is 16.3. The van der Waals surface area contributed by atoms with Gasteiger partial charge in [-0.3, -0.25) is 0 Å². The summed E-state index contributed by atoms with van der Waals surface area (Å²) in [4.78, 5) is 8.89. The molecular weight excluding hydrogens is 274 g/mol. The Balaban J connectivity index is 1.81. The van der Waals surface area contributed by atoms with Gasteiger partial charge in [-0.25, -0.2) is 9.98 Å². The van der Waals surface area contributed by atoms with E-state index in [1.54, 1.807) is 0 Å². The largest absolute Gasteiger partial charge is 0.370 e. The van der Waals surface area contributed by atoms with Crippen molar-refractivity contribution in [2.45, 2.75) is 52.6 Å². The van der Waals surface area contributed by atoms with Crippen LogP contribution in [-0.2, 0) is 6.54 Å². The van der Waals surface area contributed by atoms with E-state index in [1.807, 2.05) is 35.0 Å². The highest BCUT2D eigenvalue weighted by Crippen LogP contribution is 2.08. The second kappa shape index (κ2) is 7.82. The maximum atomic E-state index is 5.95. The van der Waals surface area contributed by atoms with E-state index in [0.29, 0.717) is 18.5 Å². The number of nitrogens with zero attached hydrogens (tertiary/aromatic N) is 3. The molecule has 2 aromatic heterocycles. The minimum Gasteiger partial charge on any atom is -0.370 e. The summed E-state index contributed by atoms with van der Waals surface area (Å²) in [5.41, 5.74) is 7.80. The fraction of sp³-hybridized carbons (Fsp3) is 0.529. The van der Waals surface area contributed by atoms with Crippen LogP contribution in [0.4, 0.5) is 0 Å². The van der Waals surface area contributed by atoms with E-state index in [2.05, 4.69) is 36.1 Å². The van der Waals surface area contributed by atoms with Crippen LogP contribution in [0.3, 0.4) is 0 Å². The standard InChI is InChI=1S/C17H27N5/c1-13(2)7-6-8-14(3)20-17(18)19-11-15-12-22-10-5-4-9-16(22)21-15/h4-5,9-10,12-14H,6-8,11H2,1-3H3,(H3,18,19,20). The van der Waals surface area contributed by atoms with E-state index in [9.17, 15) is 0 Å². The summed E-state index contributed by atoms with van der Waals surface area (Å²) < 4.78 is 1.99. The molecule has 2 aromatic rings. The molecule has 0 aromatic carbocycles. The van der Waals surface area contributed by atoms with Crippen LogP contribution in [0.25, 0.3) is 5.65 Å². The number of aromatic nitrogens is 2. The molecule has 0 fully saturated rings. The van der Waals surface area contributed by atoms with Crippen LogP contribution in [0.15, 0.2) is 35.6 Å². The van der Waals surface area contributed by atoms with Crippen molar-refractivity contribution in [3.63, 3.8) is 0 Å². The average Bonchev–Trinajstić information content (AvgIpc) is 2.87. The number of nitrogens with two attached hydrogens (primary N) is 1. The molecule has 0 radical (unpaired) electrons. The second-order valence-electron chi connectivity index (χ2n) is 6.27. The van der Waals surface area contributed by atoms with Gasteiger partial charge in [0.1, 0.15) is 5.65 Å². The van der Waals surface area contributed by atoms with Gasteiger partial charge in [0.15, 0.2) is 5.96 Å². The molecule has 0 aliphatic carbocycles. The van der Waals surface area contributed by atoms with Crippen LogP contribution in [0.1, 0.15) is 45.7 Å². The van der Waals surface area contributed by atoms with Gasteiger partial charge in [-0.1, -0.05) is 32.8 Å². The van der Waals surface area contributed by atoms with Crippen LogP contribution in [0, 0.1) is 5.92 Å². The summed E-state index contributed by atoms with van der Waals surface area (Å²) in [5.74, 6) is 1.25. The molecule has 0 bridgehead atoms. The van der Waals surface area contributed by atoms with Crippen LogP contribution in [0.2, 0.25) is 0 Å². The van der Waals surface area contributed by atoms with Crippen LogP contribution >= 0.6 is 0 Å². The molecule has 120 valence electrons. The zero-order valence-electron chi connectivity index (χ0n) is 13.8. The number of aliphatic imine (C=N–C) groups is 1. The van der Waals surface area contributed by atoms with Crippen LogP contribution in [0.5, 0.6) is 0 Å². The lowest BCUT2D eigenvalue weighted by molar-refractivity contribution is 0.493. The molecule has 0 saturated heterocycles. The van der Waals surface area contributed by atoms with Gasteiger partial charge in [0.2, 0.25) is 0 Å². The Hall–Kier alpha value is -2.04. The van der Waals surface area contributed by atoms with Gasteiger partial charge in [0, 0.05) is 18.4 Å². The first-order valence-corrected chi connectivity index (χ1v) is 8.03. The summed E-state index contributed by atoms with van der Waals surface area (Å²) in [7, 11) is 0. The Kier molecular flexibility index (Phi) is 5.81. The highest BCUT2D eigenvalue weighted by Gasteiger charge is 2.04. The van der Waals surface area contributed by atoms with E-state index in [0.717, 1.165) is 23.7 Å². The number of rotatable bonds is 7. The molecule has 0 aliphatic rings. The van der Waals surface area contributed by atoms with Crippen molar-refractivity contribution in [3.8, 4) is 0 Å². The fourth-order valence-electron chi connectivity index (χ4n) is 2.43. The first-order valence-electron chi connectivity index (χ1n) is 8.03. The lowest BCUT2D eigenvalue weighted by Gasteiger charge is -2.14. The number of hydrogen-bond acceptors (Lipinski definition) is 2. The van der Waals surface area contributed by atoms with Gasteiger partial charge >= 0.3 is 0 Å². The van der Waals surface area contributed by atoms with E-state index in [1.165, 1.54) is 12.8 Å². The molecule has 5 nitrogen and oxygen atoms in total. The Labute approximate surface area is 132 Å². The Morgan fingerprint density at radius 2 is 2.14 bits per heavy atom. The van der Waals surface area contributed by atoms with E-state index >= 15 is 0 Å². The highest BCUT2D eigenvalue weighted by molar-refractivity contribution is 5.78. The summed E-state index contributed by atoms with van der Waals surface area (Å²) in [5, 5.41) is 3.25. The van der Waals surface area contributed by atoms with E-state index < -0.39 is 0 Å². The highest BCUT2D eigenvalue weighted by atomic mass is 15.1. The molecule has 0 aliphatic heterocycles. The van der Waals surface area contributed by atoms with Gasteiger partial charge in [0.05, 0.1) is 12.2 Å². The van der Waals surface area contributed by atoms with Gasteiger partial charge < -0.3 is 15.5 Å². The average molecular weight is 301 g/mol. The topological polar surface area (TPSA) is 67.7 Å². The van der Waals surface area contributed by atoms with Gasteiger partial charge in [-0.05, 0) is 31.4 Å². The lowest BCUT2D eigenvalue weighted by atomic mass is 10.0. The fourth-order valence-corrected chi connectivity index (χ4v) is 2.43. The Morgan fingerprint density at radius 1 is 1.32 bits per heavy atom. The molecule has 0 spiro atoms. The second-order valence-corrected chi connectivity index (χ2v) is 6.27. The zero-order valence-corrected chi connectivity index (χ0v) is 13.8. The van der Waals surface area contributed by atoms with Gasteiger partial charge in [0.25, 0.3) is 0 Å². The quantitative estimate of drug-likeness (QED) is 0.610. The van der Waals surface area contributed by atoms with Crippen LogP contribution in [-0.4, -0.2) is 21.4 Å². The number of imidazole rings is 1. The molecule has 1 atom stereocenters. The Bertz CT molecular complexity index is 581. The van der Waals surface area contributed by atoms with Gasteiger partial charge in [-0.2, -0.15) is 0 Å². The van der Waals surface area contributed by atoms with Crippen molar-refractivity contribution in [2.75, 3.05) is 0 Å². The number of guanidine groups is 1. The van der Waals surface area contributed by atoms with Crippen molar-refractivity contribution in [1.82, 2.24) is 14.7 Å². The smallest absolute Gasteiger partial charge is 0.189 e. The van der Waals surface area contributed by atoms with Crippen LogP contribution < -0.4 is 11.1 Å². The zero-order chi connectivity index (χ0) is 15.9. The molecule has 1 unspecified atom stereocenters. The SMILES string of the molecule is CC(C)CCCC(C)NC(N)=NCc1cn2ccccc2n1. The summed E-state index contributed by atoms with van der Waals surface area (Å²) in [6, 6.07) is 6.29. The number of fused-ring (bicyclic) bond motifs is 1. The minimum atomic E-state index is 0.351. The van der Waals surface area contributed by atoms with Crippen molar-refractivity contribution in [3.05, 3.63) is 36.3 Å². The van der Waals surface area contributed by atoms with Crippen molar-refractivity contribution in [2.24, 2.45) is 16.6 Å². The Morgan fingerprint density at radius 3 is 2.86 bits per heavy atom. The van der Waals surface area contributed by atoms with Crippen molar-refractivity contribution in [1.29, 1.82) is 0 Å². The molecular formula is C17H27N5. The lowest BCUT2D eigenvalue weighted by Crippen LogP contribution is -2.38. The van der Waals surface area contributed by atoms with Gasteiger partial charge in [-0.15, -0.1) is 0 Å². The van der Waals surface area contributed by atoms with Crippen molar-refractivity contribution < 1.29 is 0 Å². The maximum Gasteiger partial charge on any atom is 0.189 e. The van der Waals surface area contributed by atoms with Crippen molar-refractivity contribution >= 4 is 11.6 Å². The summed E-state index contributed by atoms with van der Waals surface area (Å²) in [6.45, 7) is 7.15. The monoisotopic (exact) mass is 301 g/mol. The molecule has 3 N–H and O–H groups in total. The number of nitrogens with one attached hydrogen (secondary N) is 1. The normalized spacial score (nSPS) is 13.7. The predicted molar refractivity (Wildman–Crippen MR) is 91.8 cm³/mol. The molecule has 2 heterocycles. The maximum absolute atomic E-state index is 5.95. The third-order valence-electron chi connectivity index (χ3n) is 3.64. The molecule has 0 amide bonds. The summed E-state index contributed by atoms with van der Waals surface area (Å²) >= 11 is 0. The third kappa shape index (κ3) is 5.06. The molecule has 5 heteroatoms. The first-order chi connectivity index (χ1) is 10.5. The summed E-state index contributed by atoms with van der Waals surface area (Å²) in [6.07, 6.45) is 7.55. The molecule has 22 heavy (non-hydrogen) atoms. The molecule has 2 rings (SSSR count). The molecule has 0 saturated carbocycles. The van der Waals surface area contributed by atoms with E-state index in [-0.39, 0.29) is 0 Å². The minimum absolute atomic E-state index is 0.351. The third-order valence-corrected chi connectivity index (χ3v) is 3.64. The number of pyridine rings is 1. The number of hydrogen-bond donors (Lipinski definition) is 2. The van der Waals surface area contributed by atoms with E-state index in [4.69, 9.17) is 5.73 Å². The predicted octanol–water partition coefficient (Wildman–Crippen LogP) is 2.95.